The Kier molecular flexibility index (Phi) is 27.2. The molecule has 0 saturated carbocycles. The summed E-state index contributed by atoms with van der Waals surface area (Å²) in [5.74, 6) is -2.94. The number of carboxylic acids is 3. The fraction of sp³-hybridized carbons (Fsp3) is 0.246. The van der Waals surface area contributed by atoms with Gasteiger partial charge in [-0.2, -0.15) is 0 Å². The van der Waals surface area contributed by atoms with Gasteiger partial charge >= 0.3 is 17.9 Å². The van der Waals surface area contributed by atoms with Crippen molar-refractivity contribution < 1.29 is 59.8 Å². The standard InChI is InChI=1S/C26H28N2O5S.C24H24ClNO4S.C19H23NO4S/c1-19(29)27-22-15-17-23(18-16-22)34(32,33)28-25-14-8-6-12-21(25)11-4-2-3-9-20-10-5-7-13-24(20)26(30)31;25-20-14-16-21(17-15-20)31(29,30)26-23-13-7-5-11-19(23)10-3-1-2-8-18-9-4-6-12-22(18)24(27)28;1-25(23,24)20-18-14-8-6-12-16(18)11-4-2-3-9-15-10-5-7-13-17(15)19(21)22/h5-8,10,12-18,28H,2-4,9,11H2,1H3,(H,27,29)(H,30,31);4-7,9,11-17,26H,1-3,8,10H2,(H,27,28);5-8,10,12-14,20H,2-4,9,11H2,1H3,(H,21,22). The van der Waals surface area contributed by atoms with Crippen molar-refractivity contribution in [2.75, 3.05) is 25.7 Å². The molecule has 0 bridgehead atoms. The van der Waals surface area contributed by atoms with Crippen LogP contribution < -0.4 is 19.5 Å². The van der Waals surface area contributed by atoms with Crippen LogP contribution in [0.4, 0.5) is 22.7 Å². The molecule has 0 fully saturated rings. The molecule has 7 N–H and O–H groups in total. The van der Waals surface area contributed by atoms with Crippen LogP contribution in [0.1, 0.15) is 129 Å². The summed E-state index contributed by atoms with van der Waals surface area (Å²) >= 11 is 5.85. The number of nitrogens with one attached hydrogen (secondary N) is 4. The van der Waals surface area contributed by atoms with Crippen LogP contribution in [0.5, 0.6) is 0 Å². The van der Waals surface area contributed by atoms with Gasteiger partial charge in [-0.25, -0.2) is 39.6 Å². The predicted octanol–water partition coefficient (Wildman–Crippen LogP) is 14.6. The Labute approximate surface area is 532 Å². The zero-order valence-electron chi connectivity index (χ0n) is 50.1. The molecule has 90 heavy (non-hydrogen) atoms. The Morgan fingerprint density at radius 1 is 0.356 bits per heavy atom. The minimum Gasteiger partial charge on any atom is -0.478 e. The number of unbranched alkanes of at least 4 members (excludes halogenated alkanes) is 6. The number of carboxylic acid groups (broad SMARTS) is 3. The van der Waals surface area contributed by atoms with E-state index in [1.165, 1.54) is 31.2 Å². The molecule has 1 amide bonds. The Balaban J connectivity index is 0.000000217. The third-order valence-electron chi connectivity index (χ3n) is 14.4. The van der Waals surface area contributed by atoms with Gasteiger partial charge in [0.1, 0.15) is 0 Å². The summed E-state index contributed by atoms with van der Waals surface area (Å²) in [6, 6.07) is 55.2. The lowest BCUT2D eigenvalue weighted by molar-refractivity contribution is -0.114. The van der Waals surface area contributed by atoms with Gasteiger partial charge in [0.2, 0.25) is 15.9 Å². The molecule has 17 nitrogen and oxygen atoms in total. The lowest BCUT2D eigenvalue weighted by Crippen LogP contribution is -2.14. The second kappa shape index (κ2) is 34.8. The number of sulfonamides is 3. The molecule has 0 unspecified atom stereocenters. The maximum Gasteiger partial charge on any atom is 0.335 e. The number of para-hydroxylation sites is 3. The number of amides is 1. The Bertz CT molecular complexity index is 4050. The molecule has 474 valence electrons. The Morgan fingerprint density at radius 3 is 0.922 bits per heavy atom. The topological polar surface area (TPSA) is 280 Å². The number of carbonyl (C=O) groups excluding carboxylic acids is 1. The van der Waals surface area contributed by atoms with Gasteiger partial charge < -0.3 is 20.6 Å². The quantitative estimate of drug-likeness (QED) is 0.0207. The van der Waals surface area contributed by atoms with E-state index in [9.17, 15) is 59.8 Å². The van der Waals surface area contributed by atoms with E-state index < -0.39 is 48.0 Å². The van der Waals surface area contributed by atoms with E-state index >= 15 is 0 Å². The first-order valence-corrected chi connectivity index (χ1v) is 34.6. The number of carbonyl (C=O) groups is 4. The highest BCUT2D eigenvalue weighted by Gasteiger charge is 2.19. The van der Waals surface area contributed by atoms with Crippen molar-refractivity contribution in [2.45, 2.75) is 113 Å². The summed E-state index contributed by atoms with van der Waals surface area (Å²) in [6.45, 7) is 1.39. The highest BCUT2D eigenvalue weighted by atomic mass is 35.5. The van der Waals surface area contributed by atoms with Crippen LogP contribution in [-0.4, -0.2) is 70.6 Å². The van der Waals surface area contributed by atoms with Gasteiger partial charge in [-0.1, -0.05) is 140 Å². The van der Waals surface area contributed by atoms with Crippen LogP contribution in [0, 0.1) is 0 Å². The zero-order chi connectivity index (χ0) is 65.1. The van der Waals surface area contributed by atoms with Gasteiger partial charge in [-0.3, -0.25) is 19.0 Å². The highest BCUT2D eigenvalue weighted by Crippen LogP contribution is 2.27. The summed E-state index contributed by atoms with van der Waals surface area (Å²) < 4.78 is 81.8. The first-order valence-electron chi connectivity index (χ1n) is 29.3. The summed E-state index contributed by atoms with van der Waals surface area (Å²) in [5, 5.41) is 30.8. The van der Waals surface area contributed by atoms with Gasteiger partial charge in [0.25, 0.3) is 20.0 Å². The van der Waals surface area contributed by atoms with E-state index in [4.69, 9.17) is 11.6 Å². The smallest absolute Gasteiger partial charge is 0.335 e. The maximum atomic E-state index is 12.9. The summed E-state index contributed by atoms with van der Waals surface area (Å²) in [5.41, 5.74) is 8.61. The lowest BCUT2D eigenvalue weighted by Gasteiger charge is -2.13. The fourth-order valence-electron chi connectivity index (χ4n) is 9.92. The van der Waals surface area contributed by atoms with Gasteiger partial charge in [0.05, 0.1) is 49.8 Å². The highest BCUT2D eigenvalue weighted by molar-refractivity contribution is 7.93. The van der Waals surface area contributed by atoms with Gasteiger partial charge in [0, 0.05) is 17.6 Å². The van der Waals surface area contributed by atoms with Crippen molar-refractivity contribution in [1.29, 1.82) is 0 Å². The molecule has 0 saturated heterocycles. The molecule has 0 radical (unpaired) electrons. The van der Waals surface area contributed by atoms with Crippen molar-refractivity contribution in [3.05, 3.63) is 249 Å². The summed E-state index contributed by atoms with van der Waals surface area (Å²) in [6.07, 6.45) is 13.4. The number of hydrogen-bond donors (Lipinski definition) is 7. The molecule has 0 aliphatic carbocycles. The van der Waals surface area contributed by atoms with E-state index in [-0.39, 0.29) is 15.7 Å². The molecule has 0 aromatic heterocycles. The minimum atomic E-state index is -3.78. The van der Waals surface area contributed by atoms with E-state index in [2.05, 4.69) is 19.5 Å². The Morgan fingerprint density at radius 2 is 0.622 bits per heavy atom. The fourth-order valence-corrected chi connectivity index (χ4v) is 12.8. The summed E-state index contributed by atoms with van der Waals surface area (Å²) in [4.78, 5) is 45.2. The molecule has 21 heteroatoms. The monoisotopic (exact) mass is 1300 g/mol. The van der Waals surface area contributed by atoms with Crippen LogP contribution in [0.25, 0.3) is 0 Å². The summed E-state index contributed by atoms with van der Waals surface area (Å²) in [7, 11) is -10.8. The van der Waals surface area contributed by atoms with Crippen LogP contribution >= 0.6 is 11.6 Å². The molecular weight excluding hydrogens is 1220 g/mol. The van der Waals surface area contributed by atoms with Crippen LogP contribution in [0.3, 0.4) is 0 Å². The number of halogens is 1. The molecule has 0 aliphatic heterocycles. The second-order valence-electron chi connectivity index (χ2n) is 21.3. The number of hydrogen-bond acceptors (Lipinski definition) is 10. The SMILES string of the molecule is CC(=O)Nc1ccc(S(=O)(=O)Nc2ccccc2CCCCCc2ccccc2C(=O)O)cc1.CS(=O)(=O)Nc1ccccc1CCCCCc1ccccc1C(=O)O.O=C(O)c1ccccc1CCCCCc1ccccc1NS(=O)(=O)c1ccc(Cl)cc1. The van der Waals surface area contributed by atoms with Gasteiger partial charge in [-0.05, 0) is 195 Å². The van der Waals surface area contributed by atoms with Crippen LogP contribution in [-0.2, 0) is 73.4 Å². The molecule has 8 aromatic rings. The third-order valence-corrected chi connectivity index (χ3v) is 18.0. The molecule has 8 aromatic carbocycles. The van der Waals surface area contributed by atoms with Crippen molar-refractivity contribution in [3.8, 4) is 0 Å². The van der Waals surface area contributed by atoms with E-state index in [1.54, 1.807) is 97.1 Å². The molecule has 0 heterocycles. The Hall–Kier alpha value is -8.82. The normalized spacial score (nSPS) is 11.2. The first kappa shape index (κ1) is 70.3. The van der Waals surface area contributed by atoms with E-state index in [0.717, 1.165) is 117 Å². The number of aromatic carboxylic acids is 3. The molecule has 0 spiro atoms. The molecule has 8 rings (SSSR count). The van der Waals surface area contributed by atoms with Crippen molar-refractivity contribution in [1.82, 2.24) is 0 Å². The van der Waals surface area contributed by atoms with Gasteiger partial charge in [0.15, 0.2) is 0 Å². The average Bonchev–Trinajstić information content (AvgIpc) is 1.14. The lowest BCUT2D eigenvalue weighted by atomic mass is 9.99. The minimum absolute atomic E-state index is 0.105. The predicted molar refractivity (Wildman–Crippen MR) is 356 cm³/mol. The van der Waals surface area contributed by atoms with E-state index in [1.807, 2.05) is 72.8 Å². The molecular formula is C69H75ClN4O13S3. The molecule has 0 aliphatic rings. The largest absolute Gasteiger partial charge is 0.478 e. The van der Waals surface area contributed by atoms with Crippen molar-refractivity contribution in [2.24, 2.45) is 0 Å². The number of anilines is 4. The van der Waals surface area contributed by atoms with E-state index in [0.29, 0.717) is 63.7 Å². The number of aryl methyl sites for hydroxylation is 6. The van der Waals surface area contributed by atoms with Crippen molar-refractivity contribution in [3.63, 3.8) is 0 Å². The number of benzene rings is 8. The number of rotatable bonds is 30. The van der Waals surface area contributed by atoms with Crippen LogP contribution in [0.2, 0.25) is 5.02 Å². The second-order valence-corrected chi connectivity index (χ2v) is 26.8. The van der Waals surface area contributed by atoms with Crippen LogP contribution in [0.15, 0.2) is 204 Å². The van der Waals surface area contributed by atoms with Crippen molar-refractivity contribution >= 4 is 88.2 Å². The average molecular weight is 1300 g/mol. The third kappa shape index (κ3) is 23.3. The zero-order valence-corrected chi connectivity index (χ0v) is 53.3. The maximum absolute atomic E-state index is 12.9. The van der Waals surface area contributed by atoms with Gasteiger partial charge in [-0.15, -0.1) is 0 Å². The molecule has 0 atom stereocenters. The first-order chi connectivity index (χ1) is 43.0.